The molecule has 1 rings (SSSR count). The molecule has 86 valence electrons. The van der Waals surface area contributed by atoms with E-state index < -0.39 is 0 Å². The third-order valence-electron chi connectivity index (χ3n) is 2.58. The summed E-state index contributed by atoms with van der Waals surface area (Å²) in [6.07, 6.45) is 0.784. The highest BCUT2D eigenvalue weighted by molar-refractivity contribution is 9.11. The molecule has 0 amide bonds. The molecule has 2 atom stereocenters. The number of halogens is 1. The van der Waals surface area contributed by atoms with Gasteiger partial charge in [-0.1, -0.05) is 20.3 Å². The molecule has 0 aromatic carbocycles. The second-order valence-corrected chi connectivity index (χ2v) is 6.34. The van der Waals surface area contributed by atoms with Crippen molar-refractivity contribution in [1.82, 2.24) is 5.32 Å². The highest BCUT2D eigenvalue weighted by atomic mass is 79.9. The van der Waals surface area contributed by atoms with Crippen molar-refractivity contribution in [3.63, 3.8) is 0 Å². The first-order valence-electron chi connectivity index (χ1n) is 5.26. The molecular weight excluding hydrogens is 274 g/mol. The van der Waals surface area contributed by atoms with Gasteiger partial charge in [-0.3, -0.25) is 0 Å². The van der Waals surface area contributed by atoms with Crippen LogP contribution >= 0.6 is 27.3 Å². The van der Waals surface area contributed by atoms with E-state index in [1.165, 1.54) is 4.88 Å². The first-order chi connectivity index (χ1) is 7.13. The van der Waals surface area contributed by atoms with Gasteiger partial charge in [-0.15, -0.1) is 11.3 Å². The van der Waals surface area contributed by atoms with Gasteiger partial charge in [-0.05, 0) is 34.0 Å². The summed E-state index contributed by atoms with van der Waals surface area (Å²) in [4.78, 5) is 1.29. The Morgan fingerprint density at radius 1 is 1.53 bits per heavy atom. The summed E-state index contributed by atoms with van der Waals surface area (Å²) in [6, 6.07) is 4.14. The van der Waals surface area contributed by atoms with Crippen molar-refractivity contribution < 1.29 is 5.11 Å². The standard InChI is InChI=1S/C11H18BrNOS/c1-3-8(2)10(14)7-13-6-9-4-5-11(12)15-9/h4-5,8,10,13-14H,3,6-7H2,1-2H3. The smallest absolute Gasteiger partial charge is 0.0701 e. The largest absolute Gasteiger partial charge is 0.392 e. The zero-order valence-corrected chi connectivity index (χ0v) is 11.6. The summed E-state index contributed by atoms with van der Waals surface area (Å²) in [5.41, 5.74) is 0. The van der Waals surface area contributed by atoms with Gasteiger partial charge in [-0.2, -0.15) is 0 Å². The Kier molecular flexibility index (Phi) is 5.82. The normalized spacial score (nSPS) is 15.2. The molecule has 0 spiro atoms. The average Bonchev–Trinajstić information content (AvgIpc) is 2.63. The third kappa shape index (κ3) is 4.64. The van der Waals surface area contributed by atoms with Crippen LogP contribution in [-0.4, -0.2) is 17.8 Å². The van der Waals surface area contributed by atoms with Crippen LogP contribution in [0.2, 0.25) is 0 Å². The predicted octanol–water partition coefficient (Wildman–Crippen LogP) is 3.01. The van der Waals surface area contributed by atoms with Gasteiger partial charge in [0.15, 0.2) is 0 Å². The summed E-state index contributed by atoms with van der Waals surface area (Å²) in [5, 5.41) is 13.0. The fraction of sp³-hybridized carbons (Fsp3) is 0.636. The van der Waals surface area contributed by atoms with Crippen LogP contribution in [0.3, 0.4) is 0 Å². The number of nitrogens with one attached hydrogen (secondary N) is 1. The van der Waals surface area contributed by atoms with Crippen molar-refractivity contribution in [1.29, 1.82) is 0 Å². The maximum Gasteiger partial charge on any atom is 0.0701 e. The monoisotopic (exact) mass is 291 g/mol. The van der Waals surface area contributed by atoms with E-state index in [2.05, 4.69) is 41.2 Å². The maximum absolute atomic E-state index is 9.73. The highest BCUT2D eigenvalue weighted by Crippen LogP contribution is 2.21. The van der Waals surface area contributed by atoms with Crippen molar-refractivity contribution in [2.75, 3.05) is 6.54 Å². The van der Waals surface area contributed by atoms with E-state index >= 15 is 0 Å². The van der Waals surface area contributed by atoms with Gasteiger partial charge in [0, 0.05) is 18.0 Å². The minimum atomic E-state index is -0.238. The lowest BCUT2D eigenvalue weighted by molar-refractivity contribution is 0.113. The number of aliphatic hydroxyl groups is 1. The van der Waals surface area contributed by atoms with Crippen molar-refractivity contribution >= 4 is 27.3 Å². The maximum atomic E-state index is 9.73. The van der Waals surface area contributed by atoms with E-state index in [0.717, 1.165) is 16.8 Å². The summed E-state index contributed by atoms with van der Waals surface area (Å²) in [6.45, 7) is 5.69. The lowest BCUT2D eigenvalue weighted by Gasteiger charge is -2.17. The number of hydrogen-bond donors (Lipinski definition) is 2. The molecule has 1 aromatic heterocycles. The Balaban J connectivity index is 2.21. The zero-order chi connectivity index (χ0) is 11.3. The molecule has 4 heteroatoms. The molecule has 2 N–H and O–H groups in total. The van der Waals surface area contributed by atoms with Crippen LogP contribution in [0.25, 0.3) is 0 Å². The van der Waals surface area contributed by atoms with Crippen LogP contribution < -0.4 is 5.32 Å². The number of thiophene rings is 1. The van der Waals surface area contributed by atoms with E-state index in [1.807, 2.05) is 6.07 Å². The molecule has 2 nitrogen and oxygen atoms in total. The molecule has 1 heterocycles. The van der Waals surface area contributed by atoms with Gasteiger partial charge in [0.25, 0.3) is 0 Å². The Bertz CT molecular complexity index is 290. The van der Waals surface area contributed by atoms with Crippen LogP contribution in [0.4, 0.5) is 0 Å². The van der Waals surface area contributed by atoms with Gasteiger partial charge in [-0.25, -0.2) is 0 Å². The quantitative estimate of drug-likeness (QED) is 0.845. The second kappa shape index (κ2) is 6.63. The van der Waals surface area contributed by atoms with Gasteiger partial charge in [0.1, 0.15) is 0 Å². The van der Waals surface area contributed by atoms with Crippen LogP contribution in [0, 0.1) is 5.92 Å². The lowest BCUT2D eigenvalue weighted by Crippen LogP contribution is -2.30. The molecule has 0 radical (unpaired) electrons. The van der Waals surface area contributed by atoms with Crippen molar-refractivity contribution in [3.05, 3.63) is 20.8 Å². The number of aliphatic hydroxyl groups excluding tert-OH is 1. The van der Waals surface area contributed by atoms with E-state index in [1.54, 1.807) is 11.3 Å². The summed E-state index contributed by atoms with van der Waals surface area (Å²) in [5.74, 6) is 0.368. The molecule has 0 aliphatic carbocycles. The molecule has 0 fully saturated rings. The van der Waals surface area contributed by atoms with E-state index in [9.17, 15) is 5.11 Å². The molecule has 0 aliphatic heterocycles. The van der Waals surface area contributed by atoms with Crippen molar-refractivity contribution in [3.8, 4) is 0 Å². The molecule has 0 saturated heterocycles. The SMILES string of the molecule is CCC(C)C(O)CNCc1ccc(Br)s1. The Hall–Kier alpha value is 0.1000. The van der Waals surface area contributed by atoms with Crippen LogP contribution in [0.15, 0.2) is 15.9 Å². The zero-order valence-electron chi connectivity index (χ0n) is 9.16. The molecule has 0 aliphatic rings. The Morgan fingerprint density at radius 3 is 2.80 bits per heavy atom. The van der Waals surface area contributed by atoms with E-state index in [-0.39, 0.29) is 6.10 Å². The van der Waals surface area contributed by atoms with Gasteiger partial charge < -0.3 is 10.4 Å². The number of rotatable bonds is 6. The third-order valence-corrected chi connectivity index (χ3v) is 4.21. The second-order valence-electron chi connectivity index (χ2n) is 3.79. The molecule has 2 unspecified atom stereocenters. The molecule has 1 aromatic rings. The van der Waals surface area contributed by atoms with Gasteiger partial charge >= 0.3 is 0 Å². The summed E-state index contributed by atoms with van der Waals surface area (Å²) in [7, 11) is 0. The fourth-order valence-corrected chi connectivity index (χ4v) is 2.72. The summed E-state index contributed by atoms with van der Waals surface area (Å²) >= 11 is 5.15. The first kappa shape index (κ1) is 13.2. The minimum absolute atomic E-state index is 0.238. The predicted molar refractivity (Wildman–Crippen MR) is 69.2 cm³/mol. The summed E-state index contributed by atoms with van der Waals surface area (Å²) < 4.78 is 1.15. The molecule has 0 bridgehead atoms. The van der Waals surface area contributed by atoms with Gasteiger partial charge in [0.05, 0.1) is 9.89 Å². The van der Waals surface area contributed by atoms with E-state index in [0.29, 0.717) is 12.5 Å². The van der Waals surface area contributed by atoms with Crippen LogP contribution in [0.5, 0.6) is 0 Å². The number of hydrogen-bond acceptors (Lipinski definition) is 3. The average molecular weight is 292 g/mol. The Morgan fingerprint density at radius 2 is 2.27 bits per heavy atom. The van der Waals surface area contributed by atoms with Crippen molar-refractivity contribution in [2.24, 2.45) is 5.92 Å². The Labute approximate surface area is 104 Å². The van der Waals surface area contributed by atoms with Crippen LogP contribution in [-0.2, 0) is 6.54 Å². The first-order valence-corrected chi connectivity index (χ1v) is 6.87. The highest BCUT2D eigenvalue weighted by Gasteiger charge is 2.11. The topological polar surface area (TPSA) is 32.3 Å². The van der Waals surface area contributed by atoms with Gasteiger partial charge in [0.2, 0.25) is 0 Å². The molecule has 15 heavy (non-hydrogen) atoms. The van der Waals surface area contributed by atoms with Crippen molar-refractivity contribution in [2.45, 2.75) is 32.9 Å². The fourth-order valence-electron chi connectivity index (χ4n) is 1.26. The molecule has 0 saturated carbocycles. The minimum Gasteiger partial charge on any atom is -0.392 e. The van der Waals surface area contributed by atoms with Crippen LogP contribution in [0.1, 0.15) is 25.1 Å². The molecular formula is C11H18BrNOS. The van der Waals surface area contributed by atoms with E-state index in [4.69, 9.17) is 0 Å². The lowest BCUT2D eigenvalue weighted by atomic mass is 10.0.